The first-order valence-corrected chi connectivity index (χ1v) is 7.47. The van der Waals surface area contributed by atoms with Crippen molar-refractivity contribution in [3.8, 4) is 22.3 Å². The topological polar surface area (TPSA) is 24.1 Å². The quantitative estimate of drug-likeness (QED) is 0.697. The maximum Gasteiger partial charge on any atom is 0.0337 e. The Morgan fingerprint density at radius 3 is 1.18 bits per heavy atom. The zero-order valence-electron chi connectivity index (χ0n) is 12.9. The highest BCUT2D eigenvalue weighted by Gasteiger charge is 2.06. The van der Waals surface area contributed by atoms with E-state index in [9.17, 15) is 0 Å². The Labute approximate surface area is 131 Å². The normalized spacial score (nSPS) is 10.3. The third kappa shape index (κ3) is 2.82. The summed E-state index contributed by atoms with van der Waals surface area (Å²) in [7, 11) is 3.87. The Balaban J connectivity index is 2.04. The number of anilines is 2. The van der Waals surface area contributed by atoms with Crippen LogP contribution in [0.2, 0.25) is 0 Å². The molecule has 0 amide bonds. The first-order valence-electron chi connectivity index (χ1n) is 7.47. The van der Waals surface area contributed by atoms with Crippen LogP contribution >= 0.6 is 0 Å². The van der Waals surface area contributed by atoms with Crippen molar-refractivity contribution in [3.63, 3.8) is 0 Å². The summed E-state index contributed by atoms with van der Waals surface area (Å²) in [4.78, 5) is 0. The summed E-state index contributed by atoms with van der Waals surface area (Å²) >= 11 is 0. The number of hydrogen-bond donors (Lipinski definition) is 2. The van der Waals surface area contributed by atoms with Gasteiger partial charge in [-0.15, -0.1) is 0 Å². The molecule has 0 aromatic heterocycles. The van der Waals surface area contributed by atoms with Crippen molar-refractivity contribution in [2.75, 3.05) is 24.7 Å². The van der Waals surface area contributed by atoms with Crippen LogP contribution in [0.1, 0.15) is 0 Å². The molecule has 0 spiro atoms. The maximum atomic E-state index is 3.16. The minimum Gasteiger partial charge on any atom is -0.388 e. The molecule has 22 heavy (non-hydrogen) atoms. The van der Waals surface area contributed by atoms with Gasteiger partial charge in [0.2, 0.25) is 0 Å². The lowest BCUT2D eigenvalue weighted by molar-refractivity contribution is 1.50. The van der Waals surface area contributed by atoms with Crippen LogP contribution in [-0.2, 0) is 0 Å². The molecule has 0 aliphatic carbocycles. The van der Waals surface area contributed by atoms with Gasteiger partial charge in [-0.05, 0) is 46.5 Å². The van der Waals surface area contributed by atoms with E-state index in [4.69, 9.17) is 0 Å². The molecule has 2 N–H and O–H groups in total. The van der Waals surface area contributed by atoms with E-state index in [-0.39, 0.29) is 0 Å². The van der Waals surface area contributed by atoms with Gasteiger partial charge in [-0.2, -0.15) is 0 Å². The van der Waals surface area contributed by atoms with Crippen molar-refractivity contribution < 1.29 is 0 Å². The molecule has 0 unspecified atom stereocenters. The van der Waals surface area contributed by atoms with Gasteiger partial charge in [0.25, 0.3) is 0 Å². The molecule has 0 saturated heterocycles. The Bertz CT molecular complexity index is 677. The Kier molecular flexibility index (Phi) is 4.10. The Morgan fingerprint density at radius 1 is 0.500 bits per heavy atom. The fraction of sp³-hybridized carbons (Fsp3) is 0.100. The lowest BCUT2D eigenvalue weighted by Crippen LogP contribution is -1.89. The molecular formula is C20H20N2. The number of hydrogen-bond acceptors (Lipinski definition) is 2. The summed E-state index contributed by atoms with van der Waals surface area (Å²) in [6.45, 7) is 0. The standard InChI is InChI=1S/C20H20N2/c1-21-17-11-7-15(8-12-17)19-5-3-4-6-20(19)16-9-13-18(22-2)14-10-16/h3-14,21-22H,1-2H3. The summed E-state index contributed by atoms with van der Waals surface area (Å²) in [5.74, 6) is 0. The summed E-state index contributed by atoms with van der Waals surface area (Å²) in [6, 6.07) is 25.6. The van der Waals surface area contributed by atoms with Crippen molar-refractivity contribution in [2.24, 2.45) is 0 Å². The lowest BCUT2D eigenvalue weighted by Gasteiger charge is -2.11. The highest BCUT2D eigenvalue weighted by atomic mass is 14.8. The van der Waals surface area contributed by atoms with E-state index < -0.39 is 0 Å². The molecule has 0 atom stereocenters. The van der Waals surface area contributed by atoms with Crippen LogP contribution in [0.5, 0.6) is 0 Å². The molecule has 110 valence electrons. The summed E-state index contributed by atoms with van der Waals surface area (Å²) in [6.07, 6.45) is 0. The second-order valence-corrected chi connectivity index (χ2v) is 5.20. The van der Waals surface area contributed by atoms with E-state index >= 15 is 0 Å². The molecule has 0 radical (unpaired) electrons. The van der Waals surface area contributed by atoms with Gasteiger partial charge in [0, 0.05) is 25.5 Å². The van der Waals surface area contributed by atoms with Crippen LogP contribution < -0.4 is 10.6 Å². The molecule has 2 nitrogen and oxygen atoms in total. The highest BCUT2D eigenvalue weighted by molar-refractivity contribution is 5.84. The first-order chi connectivity index (χ1) is 10.8. The van der Waals surface area contributed by atoms with Gasteiger partial charge in [0.1, 0.15) is 0 Å². The largest absolute Gasteiger partial charge is 0.388 e. The van der Waals surface area contributed by atoms with E-state index in [0.717, 1.165) is 11.4 Å². The fourth-order valence-electron chi connectivity index (χ4n) is 2.62. The third-order valence-electron chi connectivity index (χ3n) is 3.90. The fourth-order valence-corrected chi connectivity index (χ4v) is 2.62. The van der Waals surface area contributed by atoms with Crippen molar-refractivity contribution in [1.29, 1.82) is 0 Å². The minimum absolute atomic E-state index is 1.12. The second kappa shape index (κ2) is 6.35. The third-order valence-corrected chi connectivity index (χ3v) is 3.90. The molecule has 0 bridgehead atoms. The molecule has 2 heteroatoms. The second-order valence-electron chi connectivity index (χ2n) is 5.20. The predicted octanol–water partition coefficient (Wildman–Crippen LogP) is 5.10. The Hall–Kier alpha value is -2.74. The Morgan fingerprint density at radius 2 is 0.864 bits per heavy atom. The molecular weight excluding hydrogens is 268 g/mol. The first kappa shape index (κ1) is 14.2. The average molecular weight is 288 g/mol. The van der Waals surface area contributed by atoms with Crippen LogP contribution in [0, 0.1) is 0 Å². The van der Waals surface area contributed by atoms with Crippen LogP contribution in [-0.4, -0.2) is 14.1 Å². The van der Waals surface area contributed by atoms with Gasteiger partial charge < -0.3 is 10.6 Å². The van der Waals surface area contributed by atoms with Gasteiger partial charge >= 0.3 is 0 Å². The van der Waals surface area contributed by atoms with Crippen LogP contribution in [0.3, 0.4) is 0 Å². The molecule has 0 aliphatic rings. The van der Waals surface area contributed by atoms with Crippen LogP contribution in [0.4, 0.5) is 11.4 Å². The van der Waals surface area contributed by atoms with Crippen molar-refractivity contribution in [1.82, 2.24) is 0 Å². The van der Waals surface area contributed by atoms with Crippen molar-refractivity contribution in [3.05, 3.63) is 72.8 Å². The number of rotatable bonds is 4. The smallest absolute Gasteiger partial charge is 0.0337 e. The maximum absolute atomic E-state index is 3.16. The lowest BCUT2D eigenvalue weighted by atomic mass is 9.94. The monoisotopic (exact) mass is 288 g/mol. The number of benzene rings is 3. The molecule has 3 aromatic rings. The molecule has 3 rings (SSSR count). The summed E-state index contributed by atoms with van der Waals surface area (Å²) in [5, 5.41) is 6.32. The zero-order valence-corrected chi connectivity index (χ0v) is 12.9. The summed E-state index contributed by atoms with van der Waals surface area (Å²) < 4.78 is 0. The SMILES string of the molecule is CNc1ccc(-c2ccccc2-c2ccc(NC)cc2)cc1. The van der Waals surface area contributed by atoms with Crippen molar-refractivity contribution in [2.45, 2.75) is 0 Å². The predicted molar refractivity (Wildman–Crippen MR) is 96.4 cm³/mol. The van der Waals surface area contributed by atoms with E-state index in [1.807, 2.05) is 14.1 Å². The van der Waals surface area contributed by atoms with Gasteiger partial charge in [0.15, 0.2) is 0 Å². The minimum atomic E-state index is 1.12. The van der Waals surface area contributed by atoms with E-state index in [1.54, 1.807) is 0 Å². The molecule has 0 aliphatic heterocycles. The number of nitrogens with one attached hydrogen (secondary N) is 2. The molecule has 0 heterocycles. The average Bonchev–Trinajstić information content (AvgIpc) is 2.62. The molecule has 3 aromatic carbocycles. The van der Waals surface area contributed by atoms with Crippen molar-refractivity contribution >= 4 is 11.4 Å². The van der Waals surface area contributed by atoms with Crippen LogP contribution in [0.25, 0.3) is 22.3 Å². The summed E-state index contributed by atoms with van der Waals surface area (Å²) in [5.41, 5.74) is 7.21. The molecule has 0 saturated carbocycles. The highest BCUT2D eigenvalue weighted by Crippen LogP contribution is 2.33. The van der Waals surface area contributed by atoms with Crippen LogP contribution in [0.15, 0.2) is 72.8 Å². The van der Waals surface area contributed by atoms with E-state index in [0.29, 0.717) is 0 Å². The molecule has 0 fully saturated rings. The van der Waals surface area contributed by atoms with Gasteiger partial charge in [-0.25, -0.2) is 0 Å². The van der Waals surface area contributed by atoms with Gasteiger partial charge in [0.05, 0.1) is 0 Å². The van der Waals surface area contributed by atoms with E-state index in [2.05, 4.69) is 83.4 Å². The van der Waals surface area contributed by atoms with Gasteiger partial charge in [-0.3, -0.25) is 0 Å². The van der Waals surface area contributed by atoms with E-state index in [1.165, 1.54) is 22.3 Å². The zero-order chi connectivity index (χ0) is 15.4. The van der Waals surface area contributed by atoms with Gasteiger partial charge in [-0.1, -0.05) is 48.5 Å².